The monoisotopic (exact) mass is 391 g/mol. The molecule has 1 saturated carbocycles. The van der Waals surface area contributed by atoms with Crippen molar-refractivity contribution in [2.75, 3.05) is 25.1 Å². The van der Waals surface area contributed by atoms with Crippen LogP contribution < -0.4 is 25.5 Å². The van der Waals surface area contributed by atoms with Crippen LogP contribution in [0, 0.1) is 5.82 Å². The number of nitrogens with two attached hydrogens (primary N) is 1. The summed E-state index contributed by atoms with van der Waals surface area (Å²) in [7, 11) is 1.44. The lowest BCUT2D eigenvalue weighted by molar-refractivity contribution is 0.143. The first-order chi connectivity index (χ1) is 13.4. The molecular weight excluding hydrogens is 369 g/mol. The molecule has 0 bridgehead atoms. The highest BCUT2D eigenvalue weighted by atomic mass is 19.1. The van der Waals surface area contributed by atoms with Crippen molar-refractivity contribution in [2.45, 2.75) is 37.8 Å². The van der Waals surface area contributed by atoms with Crippen LogP contribution in [-0.2, 0) is 0 Å². The van der Waals surface area contributed by atoms with Crippen molar-refractivity contribution in [3.05, 3.63) is 28.3 Å². The van der Waals surface area contributed by atoms with Crippen molar-refractivity contribution in [2.24, 2.45) is 5.73 Å². The van der Waals surface area contributed by atoms with Crippen LogP contribution >= 0.6 is 0 Å². The summed E-state index contributed by atoms with van der Waals surface area (Å²) in [6.45, 7) is 1.13. The number of hydrogen-bond donors (Lipinski definition) is 2. The first kappa shape index (κ1) is 18.5. The van der Waals surface area contributed by atoms with E-state index in [2.05, 4.69) is 4.74 Å². The lowest BCUT2D eigenvalue weighted by Crippen LogP contribution is -2.43. The van der Waals surface area contributed by atoms with Crippen molar-refractivity contribution in [1.82, 2.24) is 4.57 Å². The molecule has 28 heavy (non-hydrogen) atoms. The van der Waals surface area contributed by atoms with Gasteiger partial charge in [-0.25, -0.2) is 9.18 Å². The molecule has 2 aromatic rings. The number of ether oxygens (including phenoxy) is 2. The number of carbonyl (C=O) groups is 1. The Morgan fingerprint density at radius 3 is 2.71 bits per heavy atom. The molecule has 1 atom stereocenters. The predicted octanol–water partition coefficient (Wildman–Crippen LogP) is 2.47. The van der Waals surface area contributed by atoms with Crippen LogP contribution in [0.1, 0.15) is 31.7 Å². The maximum absolute atomic E-state index is 15.1. The van der Waals surface area contributed by atoms with Gasteiger partial charge in [0.25, 0.3) is 0 Å². The maximum atomic E-state index is 15.1. The van der Waals surface area contributed by atoms with Crippen LogP contribution in [0.2, 0.25) is 0 Å². The summed E-state index contributed by atoms with van der Waals surface area (Å²) >= 11 is 0. The van der Waals surface area contributed by atoms with Gasteiger partial charge >= 0.3 is 6.16 Å². The van der Waals surface area contributed by atoms with Gasteiger partial charge in [-0.1, -0.05) is 0 Å². The molecule has 0 spiro atoms. The van der Waals surface area contributed by atoms with E-state index in [4.69, 9.17) is 15.6 Å². The third-order valence-electron chi connectivity index (χ3n) is 5.28. The van der Waals surface area contributed by atoms with E-state index in [1.807, 2.05) is 4.90 Å². The summed E-state index contributed by atoms with van der Waals surface area (Å²) in [4.78, 5) is 25.6. The lowest BCUT2D eigenvalue weighted by atomic mass is 10.0. The van der Waals surface area contributed by atoms with Gasteiger partial charge in [0.05, 0.1) is 24.2 Å². The van der Waals surface area contributed by atoms with Crippen molar-refractivity contribution in [3.63, 3.8) is 0 Å². The van der Waals surface area contributed by atoms with Gasteiger partial charge < -0.3 is 29.8 Å². The van der Waals surface area contributed by atoms with Crippen LogP contribution in [0.5, 0.6) is 11.5 Å². The number of rotatable bonds is 4. The lowest BCUT2D eigenvalue weighted by Gasteiger charge is -2.34. The number of hydrogen-bond acceptors (Lipinski definition) is 6. The van der Waals surface area contributed by atoms with Crippen molar-refractivity contribution < 1.29 is 23.8 Å². The van der Waals surface area contributed by atoms with E-state index in [9.17, 15) is 9.59 Å². The number of anilines is 1. The first-order valence-electron chi connectivity index (χ1n) is 9.27. The van der Waals surface area contributed by atoms with Gasteiger partial charge in [0.1, 0.15) is 5.69 Å². The second kappa shape index (κ2) is 6.97. The van der Waals surface area contributed by atoms with Crippen LogP contribution in [-0.4, -0.2) is 42.1 Å². The van der Waals surface area contributed by atoms with E-state index in [1.54, 1.807) is 4.57 Å². The number of piperidine rings is 1. The second-order valence-electron chi connectivity index (χ2n) is 7.31. The number of methoxy groups -OCH3 is 1. The van der Waals surface area contributed by atoms with Crippen LogP contribution in [0.25, 0.3) is 10.9 Å². The fourth-order valence-electron chi connectivity index (χ4n) is 3.93. The van der Waals surface area contributed by atoms with Gasteiger partial charge in [-0.15, -0.1) is 0 Å². The molecule has 1 saturated heterocycles. The molecule has 1 unspecified atom stereocenters. The zero-order valence-electron chi connectivity index (χ0n) is 15.5. The van der Waals surface area contributed by atoms with E-state index >= 15 is 4.39 Å². The van der Waals surface area contributed by atoms with E-state index in [0.717, 1.165) is 31.7 Å². The number of carboxylic acid groups (broad SMARTS) is 1. The Morgan fingerprint density at radius 1 is 1.36 bits per heavy atom. The van der Waals surface area contributed by atoms with Crippen molar-refractivity contribution >= 4 is 22.7 Å². The molecule has 1 aliphatic carbocycles. The van der Waals surface area contributed by atoms with Gasteiger partial charge in [0.15, 0.2) is 17.3 Å². The molecule has 1 aliphatic heterocycles. The van der Waals surface area contributed by atoms with Crippen molar-refractivity contribution in [1.29, 1.82) is 0 Å². The standard InChI is InChI=1S/C19H22FN3O5/c1-27-18-15-12(7-13(20)16(18)22-6-2-3-10(21)8-22)17(24)14(28-19(25)26)9-23(15)11-4-5-11/h7,9-11H,2-6,8,21H2,1H3,(H,25,26). The molecule has 1 aromatic heterocycles. The quantitative estimate of drug-likeness (QED) is 0.771. The Balaban J connectivity index is 1.99. The van der Waals surface area contributed by atoms with Gasteiger partial charge in [-0.3, -0.25) is 4.79 Å². The Hall–Kier alpha value is -2.81. The zero-order chi connectivity index (χ0) is 20.0. The number of aromatic nitrogens is 1. The SMILES string of the molecule is COc1c(N2CCCC(N)C2)c(F)cc2c(=O)c(OC(=O)O)cn(C3CC3)c12. The summed E-state index contributed by atoms with van der Waals surface area (Å²) in [5, 5.41) is 8.95. The summed E-state index contributed by atoms with van der Waals surface area (Å²) in [6, 6.07) is 1.16. The van der Waals surface area contributed by atoms with E-state index in [1.165, 1.54) is 13.3 Å². The molecule has 1 aromatic carbocycles. The van der Waals surface area contributed by atoms with Crippen LogP contribution in [0.15, 0.2) is 17.1 Å². The second-order valence-corrected chi connectivity index (χ2v) is 7.31. The highest BCUT2D eigenvalue weighted by molar-refractivity contribution is 5.92. The molecule has 0 radical (unpaired) electrons. The van der Waals surface area contributed by atoms with Crippen molar-refractivity contribution in [3.8, 4) is 11.5 Å². The normalized spacial score (nSPS) is 19.7. The van der Waals surface area contributed by atoms with E-state index in [-0.39, 0.29) is 34.7 Å². The average molecular weight is 391 g/mol. The molecule has 2 heterocycles. The summed E-state index contributed by atoms with van der Waals surface area (Å²) in [5.74, 6) is -0.693. The van der Waals surface area contributed by atoms with Crippen LogP contribution in [0.3, 0.4) is 0 Å². The zero-order valence-corrected chi connectivity index (χ0v) is 15.5. The number of benzene rings is 1. The third-order valence-corrected chi connectivity index (χ3v) is 5.28. The molecule has 3 N–H and O–H groups in total. The minimum atomic E-state index is -1.59. The molecule has 0 amide bonds. The van der Waals surface area contributed by atoms with Crippen LogP contribution in [0.4, 0.5) is 14.9 Å². The van der Waals surface area contributed by atoms with Gasteiger partial charge in [0, 0.05) is 25.2 Å². The molecule has 9 heteroatoms. The first-order valence-corrected chi connectivity index (χ1v) is 9.27. The Labute approximate surface area is 160 Å². The smallest absolute Gasteiger partial charge is 0.492 e. The summed E-state index contributed by atoms with van der Waals surface area (Å²) < 4.78 is 27.1. The maximum Gasteiger partial charge on any atom is 0.511 e. The molecule has 150 valence electrons. The largest absolute Gasteiger partial charge is 0.511 e. The summed E-state index contributed by atoms with van der Waals surface area (Å²) in [5.41, 5.74) is 6.11. The third kappa shape index (κ3) is 3.15. The molecule has 2 fully saturated rings. The highest BCUT2D eigenvalue weighted by Crippen LogP contribution is 2.44. The molecule has 8 nitrogen and oxygen atoms in total. The molecule has 4 rings (SSSR count). The fourth-order valence-corrected chi connectivity index (χ4v) is 3.93. The highest BCUT2D eigenvalue weighted by Gasteiger charge is 2.31. The fraction of sp³-hybridized carbons (Fsp3) is 0.474. The number of nitrogens with zero attached hydrogens (tertiary/aromatic N) is 2. The Kier molecular flexibility index (Phi) is 4.62. The topological polar surface area (TPSA) is 107 Å². The van der Waals surface area contributed by atoms with Gasteiger partial charge in [0.2, 0.25) is 5.43 Å². The Morgan fingerprint density at radius 2 is 2.11 bits per heavy atom. The number of pyridine rings is 1. The number of fused-ring (bicyclic) bond motifs is 1. The van der Waals surface area contributed by atoms with E-state index in [0.29, 0.717) is 18.6 Å². The van der Waals surface area contributed by atoms with E-state index < -0.39 is 17.4 Å². The van der Waals surface area contributed by atoms with Gasteiger partial charge in [-0.2, -0.15) is 0 Å². The summed E-state index contributed by atoms with van der Waals surface area (Å²) in [6.07, 6.45) is 3.23. The average Bonchev–Trinajstić information content (AvgIpc) is 3.48. The predicted molar refractivity (Wildman–Crippen MR) is 101 cm³/mol. The molecule has 2 aliphatic rings. The number of halogens is 1. The molecular formula is C19H22FN3O5. The minimum absolute atomic E-state index is 0.0325. The Bertz CT molecular complexity index is 1000. The van der Waals surface area contributed by atoms with Gasteiger partial charge in [-0.05, 0) is 31.7 Å². The minimum Gasteiger partial charge on any atom is -0.492 e.